The summed E-state index contributed by atoms with van der Waals surface area (Å²) in [6, 6.07) is 6.44. The molecule has 6 rings (SSSR count). The number of aliphatic hydroxyl groups is 2. The van der Waals surface area contributed by atoms with Gasteiger partial charge in [0.15, 0.2) is 0 Å². The molecule has 0 spiro atoms. The molecule has 192 valence electrons. The number of aromatic amines is 1. The number of aryl methyl sites for hydroxylation is 2. The quantitative estimate of drug-likeness (QED) is 0.474. The number of benzene rings is 1. The van der Waals surface area contributed by atoms with Crippen molar-refractivity contribution < 1.29 is 10.2 Å². The lowest BCUT2D eigenvalue weighted by Crippen LogP contribution is -2.58. The lowest BCUT2D eigenvalue weighted by Gasteiger charge is -2.62. The van der Waals surface area contributed by atoms with Gasteiger partial charge in [0, 0.05) is 6.42 Å². The normalized spacial score (nSPS) is 44.0. The molecular weight excluding hydrogens is 432 g/mol. The smallest absolute Gasteiger partial charge is 0.107 e. The van der Waals surface area contributed by atoms with Crippen LogP contribution in [-0.4, -0.2) is 32.4 Å². The molecule has 0 unspecified atom stereocenters. The van der Waals surface area contributed by atoms with Crippen LogP contribution in [0.4, 0.5) is 0 Å². The fourth-order valence-corrected chi connectivity index (χ4v) is 10.0. The summed E-state index contributed by atoms with van der Waals surface area (Å²) in [4.78, 5) is 8.40. The first-order valence-corrected chi connectivity index (χ1v) is 14.5. The number of aliphatic hydroxyl groups excluding tert-OH is 2. The number of nitrogens with zero attached hydrogens (tertiary/aromatic N) is 1. The van der Waals surface area contributed by atoms with Crippen molar-refractivity contribution in [2.75, 3.05) is 0 Å². The van der Waals surface area contributed by atoms with E-state index in [0.717, 1.165) is 61.3 Å². The molecule has 10 atom stereocenters. The second-order valence-electron chi connectivity index (χ2n) is 13.6. The van der Waals surface area contributed by atoms with Crippen molar-refractivity contribution in [2.24, 2.45) is 46.3 Å². The Bertz CT molecular complexity index is 1080. The molecular formula is C31H46N2O2. The van der Waals surface area contributed by atoms with Crippen LogP contribution >= 0.6 is 0 Å². The van der Waals surface area contributed by atoms with Gasteiger partial charge in [0.25, 0.3) is 0 Å². The monoisotopic (exact) mass is 478 g/mol. The summed E-state index contributed by atoms with van der Waals surface area (Å²) in [5.41, 5.74) is 3.84. The molecule has 35 heavy (non-hydrogen) atoms. The summed E-state index contributed by atoms with van der Waals surface area (Å²) in [5.74, 6) is 4.98. The Hall–Kier alpha value is -1.39. The van der Waals surface area contributed by atoms with Crippen molar-refractivity contribution in [2.45, 2.75) is 104 Å². The van der Waals surface area contributed by atoms with E-state index in [0.29, 0.717) is 35.0 Å². The van der Waals surface area contributed by atoms with Gasteiger partial charge in [0.1, 0.15) is 5.82 Å². The number of H-pyrrole nitrogens is 1. The number of imidazole rings is 1. The van der Waals surface area contributed by atoms with E-state index in [1.807, 2.05) is 0 Å². The first kappa shape index (κ1) is 24.0. The van der Waals surface area contributed by atoms with E-state index in [1.165, 1.54) is 31.2 Å². The van der Waals surface area contributed by atoms with Gasteiger partial charge in [-0.25, -0.2) is 4.98 Å². The van der Waals surface area contributed by atoms with E-state index in [-0.39, 0.29) is 17.6 Å². The fourth-order valence-electron chi connectivity index (χ4n) is 10.0. The van der Waals surface area contributed by atoms with Gasteiger partial charge < -0.3 is 15.2 Å². The van der Waals surface area contributed by atoms with Crippen molar-refractivity contribution in [3.05, 3.63) is 29.6 Å². The number of hydrogen-bond donors (Lipinski definition) is 3. The molecule has 4 nitrogen and oxygen atoms in total. The van der Waals surface area contributed by atoms with Gasteiger partial charge >= 0.3 is 0 Å². The molecule has 4 saturated carbocycles. The molecule has 0 aliphatic heterocycles. The summed E-state index contributed by atoms with van der Waals surface area (Å²) in [6.45, 7) is 9.53. The second-order valence-corrected chi connectivity index (χ2v) is 13.6. The average molecular weight is 479 g/mol. The number of aromatic nitrogens is 2. The number of nitrogens with one attached hydrogen (secondary N) is 1. The Balaban J connectivity index is 1.18. The van der Waals surface area contributed by atoms with Gasteiger partial charge in [0.2, 0.25) is 0 Å². The first-order valence-electron chi connectivity index (χ1n) is 14.5. The topological polar surface area (TPSA) is 69.1 Å². The predicted molar refractivity (Wildman–Crippen MR) is 141 cm³/mol. The second kappa shape index (κ2) is 8.58. The Kier molecular flexibility index (Phi) is 5.88. The zero-order chi connectivity index (χ0) is 24.5. The van der Waals surface area contributed by atoms with Gasteiger partial charge in [0.05, 0.1) is 23.2 Å². The van der Waals surface area contributed by atoms with Crippen LogP contribution in [0.25, 0.3) is 11.0 Å². The van der Waals surface area contributed by atoms with E-state index >= 15 is 0 Å². The molecule has 4 aliphatic carbocycles. The van der Waals surface area contributed by atoms with Crippen LogP contribution < -0.4 is 0 Å². The highest BCUT2D eigenvalue weighted by Gasteiger charge is 2.63. The molecule has 4 fully saturated rings. The average Bonchev–Trinajstić information content (AvgIpc) is 3.40. The predicted octanol–water partition coefficient (Wildman–Crippen LogP) is 6.43. The van der Waals surface area contributed by atoms with Crippen LogP contribution in [0.3, 0.4) is 0 Å². The van der Waals surface area contributed by atoms with Crippen LogP contribution in [0.5, 0.6) is 0 Å². The van der Waals surface area contributed by atoms with E-state index in [2.05, 4.69) is 50.9 Å². The summed E-state index contributed by atoms with van der Waals surface area (Å²) in [5, 5.41) is 22.1. The molecule has 0 bridgehead atoms. The lowest BCUT2D eigenvalue weighted by atomic mass is 9.43. The van der Waals surface area contributed by atoms with Crippen LogP contribution in [0, 0.1) is 53.3 Å². The van der Waals surface area contributed by atoms with Gasteiger partial charge in [-0.15, -0.1) is 0 Å². The minimum atomic E-state index is -0.194. The highest BCUT2D eigenvalue weighted by molar-refractivity contribution is 5.75. The molecule has 4 aliphatic rings. The van der Waals surface area contributed by atoms with Crippen LogP contribution in [-0.2, 0) is 6.42 Å². The first-order chi connectivity index (χ1) is 16.7. The summed E-state index contributed by atoms with van der Waals surface area (Å²) >= 11 is 0. The van der Waals surface area contributed by atoms with Gasteiger partial charge in [-0.05, 0) is 129 Å². The molecule has 0 amide bonds. The van der Waals surface area contributed by atoms with Crippen molar-refractivity contribution in [3.63, 3.8) is 0 Å². The van der Waals surface area contributed by atoms with E-state index in [1.54, 1.807) is 0 Å². The minimum Gasteiger partial charge on any atom is -0.393 e. The lowest BCUT2D eigenvalue weighted by molar-refractivity contribution is -0.174. The van der Waals surface area contributed by atoms with E-state index in [9.17, 15) is 10.2 Å². The summed E-state index contributed by atoms with van der Waals surface area (Å²) < 4.78 is 0. The Morgan fingerprint density at radius 3 is 2.71 bits per heavy atom. The molecule has 1 heterocycles. The molecule has 4 heteroatoms. The van der Waals surface area contributed by atoms with Crippen LogP contribution in [0.2, 0.25) is 0 Å². The molecule has 1 aromatic heterocycles. The Morgan fingerprint density at radius 1 is 1.06 bits per heavy atom. The highest BCUT2D eigenvalue weighted by Crippen LogP contribution is 2.68. The third-order valence-electron chi connectivity index (χ3n) is 12.0. The number of rotatable bonds is 4. The highest BCUT2D eigenvalue weighted by atomic mass is 16.3. The number of hydrogen-bond acceptors (Lipinski definition) is 3. The minimum absolute atomic E-state index is 0.0446. The third kappa shape index (κ3) is 3.72. The van der Waals surface area contributed by atoms with Crippen molar-refractivity contribution in [3.8, 4) is 0 Å². The van der Waals surface area contributed by atoms with Crippen molar-refractivity contribution in [1.82, 2.24) is 9.97 Å². The molecule has 0 saturated heterocycles. The summed E-state index contributed by atoms with van der Waals surface area (Å²) in [7, 11) is 0. The van der Waals surface area contributed by atoms with E-state index in [4.69, 9.17) is 4.98 Å². The largest absolute Gasteiger partial charge is 0.393 e. The maximum Gasteiger partial charge on any atom is 0.107 e. The molecule has 2 aromatic rings. The zero-order valence-corrected chi connectivity index (χ0v) is 22.3. The van der Waals surface area contributed by atoms with Gasteiger partial charge in [-0.1, -0.05) is 26.8 Å². The maximum atomic E-state index is 11.8. The van der Waals surface area contributed by atoms with E-state index < -0.39 is 0 Å². The Morgan fingerprint density at radius 2 is 1.89 bits per heavy atom. The standard InChI is InChI=1S/C31H46N2O2/c1-18-5-11-26-27(15-18)33-29(32-26)12-6-19(2)23-9-10-24-22-8-7-20-16-21(34)13-14-30(20,3)25(22)17-28(35)31(23,24)4/h5,11,15,19-25,28,34-35H,6-10,12-14,16-17H2,1-4H3,(H,32,33)/t19-,20+,21-,22+,23-,24-,25+,28-,30-,31+/m0/s1. The van der Waals surface area contributed by atoms with Gasteiger partial charge in [-0.2, -0.15) is 0 Å². The zero-order valence-electron chi connectivity index (χ0n) is 22.3. The molecule has 1 aromatic carbocycles. The third-order valence-corrected chi connectivity index (χ3v) is 12.0. The fraction of sp³-hybridized carbons (Fsp3) is 0.774. The van der Waals surface area contributed by atoms with Crippen molar-refractivity contribution >= 4 is 11.0 Å². The summed E-state index contributed by atoms with van der Waals surface area (Å²) in [6.07, 6.45) is 11.0. The van der Waals surface area contributed by atoms with Crippen LogP contribution in [0.15, 0.2) is 18.2 Å². The number of fused-ring (bicyclic) bond motifs is 6. The molecule has 0 radical (unpaired) electrons. The molecule has 3 N–H and O–H groups in total. The van der Waals surface area contributed by atoms with Gasteiger partial charge in [-0.3, -0.25) is 0 Å². The van der Waals surface area contributed by atoms with Crippen LogP contribution in [0.1, 0.15) is 89.9 Å². The Labute approximate surface area is 211 Å². The SMILES string of the molecule is Cc1ccc2nc(CC[C@H](C)[C@@H]3CC[C@H]4[C@H]5CC[C@@H]6C[C@@H](O)CC[C@]6(C)[C@@H]5C[C@H](O)[C@@]43C)[nH]c2c1. The van der Waals surface area contributed by atoms with Crippen molar-refractivity contribution in [1.29, 1.82) is 0 Å². The maximum absolute atomic E-state index is 11.8.